The van der Waals surface area contributed by atoms with Crippen molar-refractivity contribution in [2.75, 3.05) is 80.8 Å². The first-order valence-electron chi connectivity index (χ1n) is 22.7. The molecule has 2 saturated heterocycles. The molecule has 63 heavy (non-hydrogen) atoms. The van der Waals surface area contributed by atoms with Crippen LogP contribution in [-0.2, 0) is 12.8 Å². The van der Waals surface area contributed by atoms with Crippen molar-refractivity contribution in [1.82, 2.24) is 20.4 Å². The van der Waals surface area contributed by atoms with Crippen LogP contribution in [0.1, 0.15) is 100 Å². The Balaban J connectivity index is 0.798. The zero-order valence-electron chi connectivity index (χ0n) is 37.7. The van der Waals surface area contributed by atoms with E-state index in [0.717, 1.165) is 108 Å². The van der Waals surface area contributed by atoms with Gasteiger partial charge in [-0.25, -0.2) is 0 Å². The van der Waals surface area contributed by atoms with E-state index in [0.29, 0.717) is 47.2 Å². The maximum Gasteiger partial charge on any atom is 0.251 e. The number of methoxy groups -OCH3 is 4. The highest BCUT2D eigenvalue weighted by Crippen LogP contribution is 2.41. The van der Waals surface area contributed by atoms with E-state index in [4.69, 9.17) is 18.9 Å². The first-order valence-corrected chi connectivity index (χ1v) is 22.7. The molecule has 0 radical (unpaired) electrons. The second kappa shape index (κ2) is 24.1. The summed E-state index contributed by atoms with van der Waals surface area (Å²) in [5.41, 5.74) is 5.26. The SMILES string of the molecule is COc1cccc([C@H](O)C2CCN(CCc3ccc(C(=O)NCCCCCNC(=O)c4ccc(CCN5CCC([C@@H](O)c6cccc(OC)c6OC)CC5)cc4)cc3)CC2)c1OC. The van der Waals surface area contributed by atoms with Crippen LogP contribution < -0.4 is 29.6 Å². The van der Waals surface area contributed by atoms with E-state index < -0.39 is 12.2 Å². The number of ether oxygens (including phenoxy) is 4. The third-order valence-corrected chi connectivity index (χ3v) is 13.0. The van der Waals surface area contributed by atoms with E-state index in [9.17, 15) is 19.8 Å². The molecule has 2 aliphatic heterocycles. The molecule has 0 aliphatic carbocycles. The molecule has 4 aromatic rings. The van der Waals surface area contributed by atoms with Gasteiger partial charge >= 0.3 is 0 Å². The number of carbonyl (C=O) groups is 2. The molecule has 0 spiro atoms. The Kier molecular flexibility index (Phi) is 18.1. The normalized spacial score (nSPS) is 16.2. The fraction of sp³-hybridized carbons (Fsp3) is 0.490. The molecule has 2 atom stereocenters. The van der Waals surface area contributed by atoms with E-state index in [1.165, 1.54) is 11.1 Å². The molecule has 4 N–H and O–H groups in total. The quantitative estimate of drug-likeness (QED) is 0.0609. The number of nitrogens with zero attached hydrogens (tertiary/aromatic N) is 2. The van der Waals surface area contributed by atoms with Crippen molar-refractivity contribution >= 4 is 11.8 Å². The predicted molar refractivity (Wildman–Crippen MR) is 246 cm³/mol. The summed E-state index contributed by atoms with van der Waals surface area (Å²) in [6.45, 7) is 6.75. The number of likely N-dealkylation sites (tertiary alicyclic amines) is 2. The van der Waals surface area contributed by atoms with Crippen molar-refractivity contribution in [1.29, 1.82) is 0 Å². The Morgan fingerprint density at radius 1 is 0.556 bits per heavy atom. The van der Waals surface area contributed by atoms with E-state index in [-0.39, 0.29) is 23.7 Å². The van der Waals surface area contributed by atoms with Crippen LogP contribution in [-0.4, -0.2) is 113 Å². The topological polar surface area (TPSA) is 142 Å². The van der Waals surface area contributed by atoms with Crippen molar-refractivity contribution in [2.24, 2.45) is 11.8 Å². The third kappa shape index (κ3) is 13.0. The second-order valence-electron chi connectivity index (χ2n) is 16.9. The van der Waals surface area contributed by atoms with Gasteiger partial charge in [-0.2, -0.15) is 0 Å². The van der Waals surface area contributed by atoms with Gasteiger partial charge in [0.2, 0.25) is 0 Å². The van der Waals surface area contributed by atoms with Gasteiger partial charge < -0.3 is 49.6 Å². The maximum absolute atomic E-state index is 12.8. The molecule has 0 saturated carbocycles. The Hall–Kier alpha value is -5.14. The number of hydrogen-bond acceptors (Lipinski definition) is 10. The summed E-state index contributed by atoms with van der Waals surface area (Å²) in [5.74, 6) is 2.65. The lowest BCUT2D eigenvalue weighted by Gasteiger charge is -2.34. The standard InChI is InChI=1S/C51H68N4O8/c1-60-44-12-8-10-42(48(44)62-3)46(56)38-24-32-54(33-25-38)30-22-36-14-18-40(19-15-36)50(58)52-28-6-5-7-29-53-51(59)41-20-16-37(17-21-41)23-31-55-34-26-39(27-35-55)47(57)43-11-9-13-45(61-2)49(43)63-4/h8-21,38-39,46-47,56-57H,5-7,22-35H2,1-4H3,(H,52,58)(H,53,59)/t46-,47-/m1/s1. The highest BCUT2D eigenvalue weighted by molar-refractivity contribution is 5.94. The largest absolute Gasteiger partial charge is 0.493 e. The summed E-state index contributed by atoms with van der Waals surface area (Å²) < 4.78 is 22.0. The van der Waals surface area contributed by atoms with Gasteiger partial charge in [-0.15, -0.1) is 0 Å². The van der Waals surface area contributed by atoms with Gasteiger partial charge in [0.25, 0.3) is 11.8 Å². The van der Waals surface area contributed by atoms with E-state index in [1.54, 1.807) is 28.4 Å². The second-order valence-corrected chi connectivity index (χ2v) is 16.9. The van der Waals surface area contributed by atoms with Crippen molar-refractivity contribution in [3.05, 3.63) is 118 Å². The monoisotopic (exact) mass is 865 g/mol. The van der Waals surface area contributed by atoms with Crippen LogP contribution in [0.15, 0.2) is 84.9 Å². The fourth-order valence-corrected chi connectivity index (χ4v) is 9.04. The Morgan fingerprint density at radius 3 is 1.29 bits per heavy atom. The van der Waals surface area contributed by atoms with Crippen molar-refractivity contribution in [3.63, 3.8) is 0 Å². The van der Waals surface area contributed by atoms with Crippen LogP contribution in [0.5, 0.6) is 23.0 Å². The summed E-state index contributed by atoms with van der Waals surface area (Å²) in [7, 11) is 6.43. The maximum atomic E-state index is 12.8. The molecule has 6 rings (SSSR count). The average molecular weight is 865 g/mol. The molecule has 340 valence electrons. The lowest BCUT2D eigenvalue weighted by atomic mass is 9.87. The zero-order chi connectivity index (χ0) is 44.6. The summed E-state index contributed by atoms with van der Waals surface area (Å²) in [4.78, 5) is 30.5. The third-order valence-electron chi connectivity index (χ3n) is 13.0. The number of nitrogens with one attached hydrogen (secondary N) is 2. The number of carbonyl (C=O) groups excluding carboxylic acids is 2. The van der Waals surface area contributed by atoms with Crippen LogP contribution in [0.3, 0.4) is 0 Å². The molecule has 2 amide bonds. The van der Waals surface area contributed by atoms with Gasteiger partial charge in [0.15, 0.2) is 23.0 Å². The summed E-state index contributed by atoms with van der Waals surface area (Å²) in [5, 5.41) is 28.4. The minimum absolute atomic E-state index is 0.0714. The summed E-state index contributed by atoms with van der Waals surface area (Å²) in [6.07, 6.45) is 6.81. The molecule has 0 bridgehead atoms. The molecule has 2 aliphatic rings. The molecular weight excluding hydrogens is 797 g/mol. The van der Waals surface area contributed by atoms with Crippen molar-refractivity contribution < 1.29 is 38.7 Å². The van der Waals surface area contributed by atoms with Crippen LogP contribution in [0.4, 0.5) is 0 Å². The number of piperidine rings is 2. The lowest BCUT2D eigenvalue weighted by molar-refractivity contribution is 0.0571. The zero-order valence-corrected chi connectivity index (χ0v) is 37.7. The molecule has 2 heterocycles. The number of para-hydroxylation sites is 2. The lowest BCUT2D eigenvalue weighted by Crippen LogP contribution is -2.36. The molecule has 4 aromatic carbocycles. The van der Waals surface area contributed by atoms with E-state index in [1.807, 2.05) is 84.9 Å². The average Bonchev–Trinajstić information content (AvgIpc) is 3.34. The van der Waals surface area contributed by atoms with E-state index in [2.05, 4.69) is 20.4 Å². The molecule has 2 fully saturated rings. The molecule has 0 unspecified atom stereocenters. The Labute approximate surface area is 373 Å². The first-order chi connectivity index (χ1) is 30.7. The van der Waals surface area contributed by atoms with E-state index >= 15 is 0 Å². The van der Waals surface area contributed by atoms with Gasteiger partial charge in [-0.3, -0.25) is 9.59 Å². The number of benzene rings is 4. The van der Waals surface area contributed by atoms with Gasteiger partial charge in [0.1, 0.15) is 0 Å². The first kappa shape index (κ1) is 47.3. The van der Waals surface area contributed by atoms with Crippen molar-refractivity contribution in [2.45, 2.75) is 70.0 Å². The predicted octanol–water partition coefficient (Wildman–Crippen LogP) is 7.03. The Bertz CT molecular complexity index is 1880. The van der Waals surface area contributed by atoms with Crippen LogP contribution in [0, 0.1) is 11.8 Å². The molecule has 12 nitrogen and oxygen atoms in total. The fourth-order valence-electron chi connectivity index (χ4n) is 9.04. The number of amides is 2. The van der Waals surface area contributed by atoms with Gasteiger partial charge in [0.05, 0.1) is 40.6 Å². The Morgan fingerprint density at radius 2 is 0.937 bits per heavy atom. The summed E-state index contributed by atoms with van der Waals surface area (Å²) in [6, 6.07) is 27.1. The highest BCUT2D eigenvalue weighted by atomic mass is 16.5. The van der Waals surface area contributed by atoms with Gasteiger partial charge in [0, 0.05) is 48.4 Å². The molecule has 0 aromatic heterocycles. The van der Waals surface area contributed by atoms with Crippen LogP contribution in [0.2, 0.25) is 0 Å². The summed E-state index contributed by atoms with van der Waals surface area (Å²) >= 11 is 0. The number of rotatable bonds is 22. The number of aliphatic hydroxyl groups excluding tert-OH is 2. The molecule has 12 heteroatoms. The van der Waals surface area contributed by atoms with Crippen LogP contribution >= 0.6 is 0 Å². The van der Waals surface area contributed by atoms with Gasteiger partial charge in [-0.1, -0.05) is 48.5 Å². The molecular formula is C51H68N4O8. The smallest absolute Gasteiger partial charge is 0.251 e. The minimum Gasteiger partial charge on any atom is -0.493 e. The minimum atomic E-state index is -0.598. The highest BCUT2D eigenvalue weighted by Gasteiger charge is 2.30. The van der Waals surface area contributed by atoms with Crippen LogP contribution in [0.25, 0.3) is 0 Å². The van der Waals surface area contributed by atoms with Crippen molar-refractivity contribution in [3.8, 4) is 23.0 Å². The van der Waals surface area contributed by atoms with Gasteiger partial charge in [-0.05, 0) is 143 Å². The number of hydrogen-bond donors (Lipinski definition) is 4. The number of aliphatic hydroxyl groups is 2. The number of unbranched alkanes of at least 4 members (excludes halogenated alkanes) is 2.